The van der Waals surface area contributed by atoms with Gasteiger partial charge < -0.3 is 5.32 Å². The van der Waals surface area contributed by atoms with Crippen LogP contribution in [0.3, 0.4) is 0 Å². The minimum Gasteiger partial charge on any atom is -0.369 e. The second kappa shape index (κ2) is 7.74. The van der Waals surface area contributed by atoms with E-state index in [1.807, 2.05) is 23.5 Å². The maximum Gasteiger partial charge on any atom is 0.144 e. The molecule has 3 nitrogen and oxygen atoms in total. The van der Waals surface area contributed by atoms with Crippen LogP contribution in [0.1, 0.15) is 37.0 Å². The lowest BCUT2D eigenvalue weighted by Crippen LogP contribution is -2.14. The molecule has 1 N–H and O–H groups in total. The van der Waals surface area contributed by atoms with E-state index >= 15 is 0 Å². The molecule has 1 aromatic heterocycles. The van der Waals surface area contributed by atoms with Gasteiger partial charge in [0.2, 0.25) is 0 Å². The van der Waals surface area contributed by atoms with Gasteiger partial charge in [-0.05, 0) is 28.8 Å². The van der Waals surface area contributed by atoms with Crippen molar-refractivity contribution in [1.29, 1.82) is 0 Å². The van der Waals surface area contributed by atoms with Crippen LogP contribution >= 0.6 is 39.5 Å². The predicted octanol–water partition coefficient (Wildman–Crippen LogP) is 4.14. The Bertz CT molecular complexity index is 423. The van der Waals surface area contributed by atoms with Crippen LogP contribution in [-0.4, -0.2) is 33.8 Å². The Balaban J connectivity index is 2.26. The summed E-state index contributed by atoms with van der Waals surface area (Å²) in [5.74, 6) is 5.53. The number of anilines is 1. The maximum absolute atomic E-state index is 4.75. The molecule has 0 bridgehead atoms. The third-order valence-electron chi connectivity index (χ3n) is 2.92. The molecule has 0 spiro atoms. The SMILES string of the molecule is CCCNc1nc(C2CSCCS2)nc(CC)c1Br. The smallest absolute Gasteiger partial charge is 0.144 e. The number of nitrogens with zero attached hydrogens (tertiary/aromatic N) is 2. The Hall–Kier alpha value is 0.0600. The fourth-order valence-corrected chi connectivity index (χ4v) is 5.08. The van der Waals surface area contributed by atoms with Crippen molar-refractivity contribution < 1.29 is 0 Å². The summed E-state index contributed by atoms with van der Waals surface area (Å²) >= 11 is 7.62. The Kier molecular flexibility index (Phi) is 6.29. The molecule has 6 heteroatoms. The monoisotopic (exact) mass is 361 g/mol. The highest BCUT2D eigenvalue weighted by Crippen LogP contribution is 2.36. The summed E-state index contributed by atoms with van der Waals surface area (Å²) in [6.07, 6.45) is 2.03. The van der Waals surface area contributed by atoms with Crippen molar-refractivity contribution in [2.75, 3.05) is 29.1 Å². The number of hydrogen-bond donors (Lipinski definition) is 1. The van der Waals surface area contributed by atoms with Crippen molar-refractivity contribution in [2.45, 2.75) is 31.9 Å². The standard InChI is InChI=1S/C13H20BrN3S2/c1-3-5-15-13-11(14)9(4-2)16-12(17-13)10-8-18-6-7-19-10/h10H,3-8H2,1-2H3,(H,15,16,17). The molecule has 0 aromatic carbocycles. The number of aromatic nitrogens is 2. The minimum atomic E-state index is 0.444. The number of thioether (sulfide) groups is 2. The van der Waals surface area contributed by atoms with E-state index in [4.69, 9.17) is 9.97 Å². The molecule has 0 amide bonds. The zero-order valence-corrected chi connectivity index (χ0v) is 14.6. The molecule has 1 saturated heterocycles. The van der Waals surface area contributed by atoms with E-state index in [-0.39, 0.29) is 0 Å². The number of rotatable bonds is 5. The van der Waals surface area contributed by atoms with Gasteiger partial charge in [0.15, 0.2) is 0 Å². The number of nitrogens with one attached hydrogen (secondary N) is 1. The molecule has 1 fully saturated rings. The van der Waals surface area contributed by atoms with Crippen molar-refractivity contribution >= 4 is 45.3 Å². The third kappa shape index (κ3) is 4.02. The first kappa shape index (κ1) is 15.4. The molecule has 1 atom stereocenters. The Morgan fingerprint density at radius 1 is 1.32 bits per heavy atom. The lowest BCUT2D eigenvalue weighted by atomic mass is 10.3. The maximum atomic E-state index is 4.75. The van der Waals surface area contributed by atoms with E-state index in [0.717, 1.165) is 46.9 Å². The van der Waals surface area contributed by atoms with Gasteiger partial charge in [-0.2, -0.15) is 11.8 Å². The zero-order chi connectivity index (χ0) is 13.7. The second-order valence-electron chi connectivity index (χ2n) is 4.41. The van der Waals surface area contributed by atoms with Gasteiger partial charge in [0.1, 0.15) is 11.6 Å². The van der Waals surface area contributed by atoms with Crippen LogP contribution in [0, 0.1) is 0 Å². The molecular weight excluding hydrogens is 342 g/mol. The van der Waals surface area contributed by atoms with Gasteiger partial charge in [0, 0.05) is 23.8 Å². The van der Waals surface area contributed by atoms with Crippen molar-refractivity contribution in [3.63, 3.8) is 0 Å². The van der Waals surface area contributed by atoms with E-state index in [2.05, 4.69) is 35.1 Å². The first-order chi connectivity index (χ1) is 9.26. The topological polar surface area (TPSA) is 37.8 Å². The van der Waals surface area contributed by atoms with E-state index in [1.54, 1.807) is 0 Å². The third-order valence-corrected chi connectivity index (χ3v) is 6.50. The van der Waals surface area contributed by atoms with Crippen molar-refractivity contribution in [3.8, 4) is 0 Å². The Morgan fingerprint density at radius 2 is 2.16 bits per heavy atom. The highest BCUT2D eigenvalue weighted by atomic mass is 79.9. The quantitative estimate of drug-likeness (QED) is 0.852. The predicted molar refractivity (Wildman–Crippen MR) is 90.4 cm³/mol. The Morgan fingerprint density at radius 3 is 2.79 bits per heavy atom. The molecule has 1 aromatic rings. The van der Waals surface area contributed by atoms with Crippen molar-refractivity contribution in [1.82, 2.24) is 9.97 Å². The van der Waals surface area contributed by atoms with Gasteiger partial charge in [-0.1, -0.05) is 13.8 Å². The fourth-order valence-electron chi connectivity index (χ4n) is 1.89. The van der Waals surface area contributed by atoms with Crippen molar-refractivity contribution in [2.24, 2.45) is 0 Å². The molecular formula is C13H20BrN3S2. The van der Waals surface area contributed by atoms with Gasteiger partial charge in [0.05, 0.1) is 15.4 Å². The van der Waals surface area contributed by atoms with E-state index in [9.17, 15) is 0 Å². The van der Waals surface area contributed by atoms with E-state index < -0.39 is 0 Å². The summed E-state index contributed by atoms with van der Waals surface area (Å²) in [6.45, 7) is 5.26. The van der Waals surface area contributed by atoms with Crippen LogP contribution in [0.25, 0.3) is 0 Å². The van der Waals surface area contributed by atoms with Crippen LogP contribution in [0.5, 0.6) is 0 Å². The van der Waals surface area contributed by atoms with Crippen LogP contribution in [0.15, 0.2) is 4.47 Å². The van der Waals surface area contributed by atoms with Crippen LogP contribution < -0.4 is 5.32 Å². The zero-order valence-electron chi connectivity index (χ0n) is 11.4. The summed E-state index contributed by atoms with van der Waals surface area (Å²) < 4.78 is 1.03. The number of hydrogen-bond acceptors (Lipinski definition) is 5. The molecule has 2 heterocycles. The van der Waals surface area contributed by atoms with Crippen LogP contribution in [0.2, 0.25) is 0 Å². The Labute approximate surface area is 132 Å². The highest BCUT2D eigenvalue weighted by Gasteiger charge is 2.21. The van der Waals surface area contributed by atoms with E-state index in [1.165, 1.54) is 11.5 Å². The summed E-state index contributed by atoms with van der Waals surface area (Å²) in [7, 11) is 0. The van der Waals surface area contributed by atoms with E-state index in [0.29, 0.717) is 5.25 Å². The molecule has 2 rings (SSSR count). The van der Waals surface area contributed by atoms with Gasteiger partial charge in [-0.3, -0.25) is 0 Å². The average molecular weight is 362 g/mol. The van der Waals surface area contributed by atoms with Crippen molar-refractivity contribution in [3.05, 3.63) is 16.0 Å². The first-order valence-corrected chi connectivity index (χ1v) is 9.75. The molecule has 0 radical (unpaired) electrons. The number of halogens is 1. The van der Waals surface area contributed by atoms with Crippen LogP contribution in [-0.2, 0) is 6.42 Å². The molecule has 1 aliphatic rings. The van der Waals surface area contributed by atoms with Gasteiger partial charge in [-0.25, -0.2) is 9.97 Å². The number of aryl methyl sites for hydroxylation is 1. The molecule has 1 aliphatic heterocycles. The summed E-state index contributed by atoms with van der Waals surface area (Å²) in [5.41, 5.74) is 1.11. The van der Waals surface area contributed by atoms with Gasteiger partial charge in [-0.15, -0.1) is 11.8 Å². The normalized spacial score (nSPS) is 19.4. The molecule has 0 saturated carbocycles. The second-order valence-corrected chi connectivity index (χ2v) is 7.66. The summed E-state index contributed by atoms with van der Waals surface area (Å²) in [6, 6.07) is 0. The van der Waals surface area contributed by atoms with Crippen LogP contribution in [0.4, 0.5) is 5.82 Å². The summed E-state index contributed by atoms with van der Waals surface area (Å²) in [4.78, 5) is 9.49. The highest BCUT2D eigenvalue weighted by molar-refractivity contribution is 9.10. The molecule has 0 aliphatic carbocycles. The average Bonchev–Trinajstić information content (AvgIpc) is 2.47. The molecule has 1 unspecified atom stereocenters. The lowest BCUT2D eigenvalue weighted by Gasteiger charge is -2.21. The lowest BCUT2D eigenvalue weighted by molar-refractivity contribution is 0.861. The fraction of sp³-hybridized carbons (Fsp3) is 0.692. The largest absolute Gasteiger partial charge is 0.369 e. The first-order valence-electron chi connectivity index (χ1n) is 6.75. The van der Waals surface area contributed by atoms with Gasteiger partial charge in [0.25, 0.3) is 0 Å². The molecule has 19 heavy (non-hydrogen) atoms. The minimum absolute atomic E-state index is 0.444. The molecule has 106 valence electrons. The van der Waals surface area contributed by atoms with Gasteiger partial charge >= 0.3 is 0 Å². The summed E-state index contributed by atoms with van der Waals surface area (Å²) in [5, 5.41) is 3.85.